The fourth-order valence-electron chi connectivity index (χ4n) is 4.31. The first-order chi connectivity index (χ1) is 19.3. The van der Waals surface area contributed by atoms with Gasteiger partial charge in [0.25, 0.3) is 0 Å². The molecule has 0 radical (unpaired) electrons. The van der Waals surface area contributed by atoms with Gasteiger partial charge in [-0.15, -0.1) is 0 Å². The van der Waals surface area contributed by atoms with Gasteiger partial charge in [0.2, 0.25) is 0 Å². The minimum Gasteiger partial charge on any atom is -0.786 e. The molecule has 6 nitrogen and oxygen atoms in total. The van der Waals surface area contributed by atoms with Crippen molar-refractivity contribution in [3.8, 4) is 0 Å². The number of rotatable bonds is 28. The molecule has 0 amide bonds. The summed E-state index contributed by atoms with van der Waals surface area (Å²) in [6.45, 7) is 18.2. The summed E-state index contributed by atoms with van der Waals surface area (Å²) in [5.41, 5.74) is 0. The molecule has 0 saturated carbocycles. The van der Waals surface area contributed by atoms with Crippen molar-refractivity contribution in [1.29, 1.82) is 0 Å². The SMILES string of the molecule is CCCCCCC(C)OP([O-])OCC(CC)CCCC.CCCCCCC(C)OP([O-])OCC(CC)CCCC.[Ni+2]. The average molecular weight is 670 g/mol. The second-order valence-electron chi connectivity index (χ2n) is 11.4. The van der Waals surface area contributed by atoms with Crippen molar-refractivity contribution in [1.82, 2.24) is 0 Å². The molecule has 9 heteroatoms. The standard InChI is InChI=1S/2C16H34O3P.Ni/c2*1-5-8-10-11-12-15(4)19-20(17)18-14-16(7-3)13-9-6-2;/h2*15-16H,5-14H2,1-4H3;/q2*-1;+2. The van der Waals surface area contributed by atoms with Crippen molar-refractivity contribution in [2.24, 2.45) is 11.8 Å². The van der Waals surface area contributed by atoms with Crippen LogP contribution in [0.1, 0.15) is 171 Å². The van der Waals surface area contributed by atoms with Gasteiger partial charge in [-0.2, -0.15) is 0 Å². The molecule has 252 valence electrons. The van der Waals surface area contributed by atoms with Crippen molar-refractivity contribution in [2.45, 2.75) is 183 Å². The van der Waals surface area contributed by atoms with Crippen LogP contribution >= 0.6 is 17.2 Å². The zero-order chi connectivity index (χ0) is 30.4. The van der Waals surface area contributed by atoms with Crippen LogP contribution in [0.15, 0.2) is 0 Å². The zero-order valence-corrected chi connectivity index (χ0v) is 30.9. The average Bonchev–Trinajstić information content (AvgIpc) is 2.94. The molecule has 0 aromatic rings. The van der Waals surface area contributed by atoms with Gasteiger partial charge in [-0.3, -0.25) is 0 Å². The molecule has 0 aromatic heterocycles. The van der Waals surface area contributed by atoms with Gasteiger partial charge in [-0.1, -0.05) is 131 Å². The Labute approximate surface area is 269 Å². The Morgan fingerprint density at radius 2 is 0.829 bits per heavy atom. The molecule has 6 unspecified atom stereocenters. The van der Waals surface area contributed by atoms with Crippen molar-refractivity contribution < 1.29 is 44.4 Å². The molecule has 41 heavy (non-hydrogen) atoms. The van der Waals surface area contributed by atoms with Gasteiger partial charge in [0.1, 0.15) is 0 Å². The van der Waals surface area contributed by atoms with E-state index in [1.54, 1.807) is 0 Å². The molecule has 0 bridgehead atoms. The van der Waals surface area contributed by atoms with E-state index in [0.717, 1.165) is 51.4 Å². The van der Waals surface area contributed by atoms with Crippen LogP contribution < -0.4 is 9.79 Å². The van der Waals surface area contributed by atoms with E-state index in [0.29, 0.717) is 25.0 Å². The molecule has 0 saturated heterocycles. The van der Waals surface area contributed by atoms with E-state index < -0.39 is 17.2 Å². The summed E-state index contributed by atoms with van der Waals surface area (Å²) in [6.07, 6.45) is 21.1. The van der Waals surface area contributed by atoms with Crippen LogP contribution in [-0.4, -0.2) is 25.4 Å². The van der Waals surface area contributed by atoms with E-state index in [-0.39, 0.29) is 28.7 Å². The van der Waals surface area contributed by atoms with Gasteiger partial charge in [0.15, 0.2) is 0 Å². The molecule has 0 aliphatic carbocycles. The molecular weight excluding hydrogens is 601 g/mol. The Bertz CT molecular complexity index is 453. The number of unbranched alkanes of at least 4 members (excludes halogenated alkanes) is 8. The second-order valence-corrected chi connectivity index (χ2v) is 13.2. The molecule has 0 rings (SSSR count). The predicted octanol–water partition coefficient (Wildman–Crippen LogP) is 10.4. The van der Waals surface area contributed by atoms with E-state index in [4.69, 9.17) is 18.1 Å². The largest absolute Gasteiger partial charge is 2.00 e. The van der Waals surface area contributed by atoms with Gasteiger partial charge in [0.05, 0.1) is 42.6 Å². The van der Waals surface area contributed by atoms with Crippen LogP contribution in [0.3, 0.4) is 0 Å². The summed E-state index contributed by atoms with van der Waals surface area (Å²) < 4.78 is 21.6. The Morgan fingerprint density at radius 3 is 1.12 bits per heavy atom. The van der Waals surface area contributed by atoms with Crippen LogP contribution in [0.5, 0.6) is 0 Å². The summed E-state index contributed by atoms with van der Waals surface area (Å²) >= 11 is 0. The van der Waals surface area contributed by atoms with Crippen molar-refractivity contribution >= 4 is 17.2 Å². The Hall–Kier alpha value is 1.11. The van der Waals surface area contributed by atoms with E-state index in [1.807, 2.05) is 13.8 Å². The predicted molar refractivity (Wildman–Crippen MR) is 171 cm³/mol. The van der Waals surface area contributed by atoms with E-state index in [1.165, 1.54) is 64.2 Å². The molecule has 0 N–H and O–H groups in total. The van der Waals surface area contributed by atoms with Gasteiger partial charge < -0.3 is 27.9 Å². The first-order valence-electron chi connectivity index (χ1n) is 16.8. The summed E-state index contributed by atoms with van der Waals surface area (Å²) in [5, 5.41) is 0. The molecule has 0 heterocycles. The summed E-state index contributed by atoms with van der Waals surface area (Å²) in [5.74, 6) is 1.02. The molecule has 0 spiro atoms. The van der Waals surface area contributed by atoms with Crippen LogP contribution in [0.2, 0.25) is 0 Å². The van der Waals surface area contributed by atoms with Crippen molar-refractivity contribution in [3.05, 3.63) is 0 Å². The van der Waals surface area contributed by atoms with E-state index in [2.05, 4.69) is 41.5 Å². The normalized spacial score (nSPS) is 15.7. The molecule has 6 atom stereocenters. The van der Waals surface area contributed by atoms with Crippen LogP contribution in [0, 0.1) is 11.8 Å². The van der Waals surface area contributed by atoms with Gasteiger partial charge >= 0.3 is 16.5 Å². The summed E-state index contributed by atoms with van der Waals surface area (Å²) in [4.78, 5) is 23.5. The molecule has 0 aliphatic rings. The van der Waals surface area contributed by atoms with Gasteiger partial charge in [-0.05, 0) is 51.4 Å². The van der Waals surface area contributed by atoms with Gasteiger partial charge in [0, 0.05) is 0 Å². The van der Waals surface area contributed by atoms with Crippen LogP contribution in [-0.2, 0) is 34.6 Å². The van der Waals surface area contributed by atoms with Crippen LogP contribution in [0.25, 0.3) is 0 Å². The number of hydrogen-bond donors (Lipinski definition) is 0. The van der Waals surface area contributed by atoms with Crippen molar-refractivity contribution in [3.63, 3.8) is 0 Å². The first kappa shape index (κ1) is 46.5. The molecule has 0 aromatic carbocycles. The Kier molecular flexibility index (Phi) is 40.4. The number of hydrogen-bond acceptors (Lipinski definition) is 6. The molecule has 0 fully saturated rings. The smallest absolute Gasteiger partial charge is 0.786 e. The molecule has 0 aliphatic heterocycles. The van der Waals surface area contributed by atoms with E-state index in [9.17, 15) is 9.79 Å². The summed E-state index contributed by atoms with van der Waals surface area (Å²) in [6, 6.07) is 0. The third kappa shape index (κ3) is 33.8. The van der Waals surface area contributed by atoms with Crippen molar-refractivity contribution in [2.75, 3.05) is 13.2 Å². The maximum atomic E-state index is 11.7. The minimum atomic E-state index is -1.95. The third-order valence-corrected chi connectivity index (χ3v) is 9.16. The Balaban J connectivity index is -0.000000688. The maximum absolute atomic E-state index is 11.7. The fourth-order valence-corrected chi connectivity index (χ4v) is 5.89. The van der Waals surface area contributed by atoms with E-state index >= 15 is 0 Å². The van der Waals surface area contributed by atoms with Gasteiger partial charge in [-0.25, -0.2) is 0 Å². The zero-order valence-electron chi connectivity index (χ0n) is 28.1. The fraction of sp³-hybridized carbons (Fsp3) is 1.00. The van der Waals surface area contributed by atoms with Crippen LogP contribution in [0.4, 0.5) is 0 Å². The minimum absolute atomic E-state index is 0. The second kappa shape index (κ2) is 35.6. The summed E-state index contributed by atoms with van der Waals surface area (Å²) in [7, 11) is -3.90. The topological polar surface area (TPSA) is 83.0 Å². The quantitative estimate of drug-likeness (QED) is 0.0469. The maximum Gasteiger partial charge on any atom is 2.00 e. The molecular formula is C32H68NiO6P2. The first-order valence-corrected chi connectivity index (χ1v) is 19.0. The third-order valence-electron chi connectivity index (χ3n) is 7.38. The monoisotopic (exact) mass is 668 g/mol. The Morgan fingerprint density at radius 1 is 0.488 bits per heavy atom.